The molecule has 2 unspecified atom stereocenters. The summed E-state index contributed by atoms with van der Waals surface area (Å²) in [7, 11) is 0. The van der Waals surface area contributed by atoms with Crippen molar-refractivity contribution < 1.29 is 4.79 Å². The van der Waals surface area contributed by atoms with E-state index in [1.807, 2.05) is 6.92 Å². The molecule has 2 heteroatoms. The van der Waals surface area contributed by atoms with Crippen molar-refractivity contribution in [2.75, 3.05) is 6.54 Å². The number of aryl methyl sites for hydroxylation is 3. The highest BCUT2D eigenvalue weighted by Gasteiger charge is 2.31. The molecule has 2 atom stereocenters. The van der Waals surface area contributed by atoms with E-state index in [4.69, 9.17) is 0 Å². The number of Topliss-reactive ketones (excluding diaryl/α,β-unsaturated/α-hetero) is 1. The van der Waals surface area contributed by atoms with Gasteiger partial charge in [-0.25, -0.2) is 0 Å². The molecule has 1 aliphatic rings. The Hall–Kier alpha value is -1.15. The molecule has 110 valence electrons. The minimum Gasteiger partial charge on any atom is -0.293 e. The van der Waals surface area contributed by atoms with Crippen LogP contribution in [0.2, 0.25) is 0 Å². The third kappa shape index (κ3) is 2.95. The molecule has 0 aliphatic carbocycles. The third-order valence-electron chi connectivity index (χ3n) is 4.89. The smallest absolute Gasteiger partial charge is 0.177 e. The molecule has 1 heterocycles. The summed E-state index contributed by atoms with van der Waals surface area (Å²) in [5, 5.41) is 0. The molecule has 1 aromatic carbocycles. The zero-order valence-corrected chi connectivity index (χ0v) is 13.5. The molecule has 1 aromatic rings. The zero-order valence-electron chi connectivity index (χ0n) is 13.5. The first kappa shape index (κ1) is 15.2. The van der Waals surface area contributed by atoms with Crippen molar-refractivity contribution in [1.82, 2.24) is 4.90 Å². The van der Waals surface area contributed by atoms with Crippen molar-refractivity contribution in [3.05, 3.63) is 34.4 Å². The highest BCUT2D eigenvalue weighted by molar-refractivity contribution is 5.99. The van der Waals surface area contributed by atoms with Crippen LogP contribution in [-0.2, 0) is 0 Å². The predicted octanol–water partition coefficient (Wildman–Crippen LogP) is 4.06. The van der Waals surface area contributed by atoms with Crippen molar-refractivity contribution in [2.24, 2.45) is 0 Å². The lowest BCUT2D eigenvalue weighted by Gasteiger charge is -2.27. The normalized spacial score (nSPS) is 23.2. The van der Waals surface area contributed by atoms with E-state index in [1.165, 1.54) is 24.0 Å². The van der Waals surface area contributed by atoms with Crippen LogP contribution in [0, 0.1) is 20.8 Å². The fourth-order valence-corrected chi connectivity index (χ4v) is 3.36. The minimum absolute atomic E-state index is 0.276. The highest BCUT2D eigenvalue weighted by atomic mass is 16.1. The van der Waals surface area contributed by atoms with Gasteiger partial charge in [0.25, 0.3) is 0 Å². The monoisotopic (exact) mass is 273 g/mol. The van der Waals surface area contributed by atoms with Gasteiger partial charge in [0.05, 0.1) is 6.54 Å². The molecule has 0 spiro atoms. The average molecular weight is 273 g/mol. The van der Waals surface area contributed by atoms with Gasteiger partial charge in [-0.2, -0.15) is 0 Å². The van der Waals surface area contributed by atoms with E-state index in [0.717, 1.165) is 17.5 Å². The molecular weight excluding hydrogens is 246 g/mol. The van der Waals surface area contributed by atoms with Crippen LogP contribution < -0.4 is 0 Å². The first-order chi connectivity index (χ1) is 9.43. The summed E-state index contributed by atoms with van der Waals surface area (Å²) in [5.74, 6) is 0.276. The van der Waals surface area contributed by atoms with E-state index in [9.17, 15) is 4.79 Å². The quantitative estimate of drug-likeness (QED) is 0.771. The largest absolute Gasteiger partial charge is 0.293 e. The number of carbonyl (C=O) groups excluding carboxylic acids is 1. The zero-order chi connectivity index (χ0) is 14.9. The van der Waals surface area contributed by atoms with Crippen molar-refractivity contribution in [3.63, 3.8) is 0 Å². The minimum atomic E-state index is 0.276. The molecule has 0 N–H and O–H groups in total. The molecule has 0 radical (unpaired) electrons. The average Bonchev–Trinajstić information content (AvgIpc) is 2.75. The third-order valence-corrected chi connectivity index (χ3v) is 4.89. The Labute approximate surface area is 123 Å². The Morgan fingerprint density at radius 2 is 1.80 bits per heavy atom. The van der Waals surface area contributed by atoms with Gasteiger partial charge >= 0.3 is 0 Å². The lowest BCUT2D eigenvalue weighted by Crippen LogP contribution is -2.38. The molecule has 20 heavy (non-hydrogen) atoms. The van der Waals surface area contributed by atoms with Gasteiger partial charge in [-0.3, -0.25) is 9.69 Å². The van der Waals surface area contributed by atoms with E-state index in [1.54, 1.807) is 0 Å². The molecule has 0 saturated carbocycles. The maximum absolute atomic E-state index is 12.7. The lowest BCUT2D eigenvalue weighted by atomic mass is 9.97. The van der Waals surface area contributed by atoms with E-state index in [-0.39, 0.29) is 5.78 Å². The van der Waals surface area contributed by atoms with E-state index in [0.29, 0.717) is 18.6 Å². The second-order valence-electron chi connectivity index (χ2n) is 6.34. The number of likely N-dealkylation sites (tertiary alicyclic amines) is 1. The summed E-state index contributed by atoms with van der Waals surface area (Å²) in [6, 6.07) is 5.32. The Bertz CT molecular complexity index is 506. The molecule has 1 fully saturated rings. The summed E-state index contributed by atoms with van der Waals surface area (Å²) in [6.45, 7) is 11.3. The second kappa shape index (κ2) is 6.09. The van der Waals surface area contributed by atoms with Gasteiger partial charge < -0.3 is 0 Å². The van der Waals surface area contributed by atoms with E-state index < -0.39 is 0 Å². The Morgan fingerprint density at radius 1 is 1.15 bits per heavy atom. The topological polar surface area (TPSA) is 20.3 Å². The Balaban J connectivity index is 2.18. The van der Waals surface area contributed by atoms with E-state index in [2.05, 4.69) is 44.7 Å². The molecule has 1 aliphatic heterocycles. The summed E-state index contributed by atoms with van der Waals surface area (Å²) in [5.41, 5.74) is 4.49. The van der Waals surface area contributed by atoms with Crippen LogP contribution in [0.15, 0.2) is 12.1 Å². The first-order valence-electron chi connectivity index (χ1n) is 7.80. The molecule has 1 saturated heterocycles. The van der Waals surface area contributed by atoms with Gasteiger partial charge in [-0.05, 0) is 69.7 Å². The van der Waals surface area contributed by atoms with Crippen LogP contribution in [-0.4, -0.2) is 29.3 Å². The van der Waals surface area contributed by atoms with Crippen LogP contribution in [0.1, 0.15) is 60.2 Å². The van der Waals surface area contributed by atoms with Gasteiger partial charge in [0.15, 0.2) is 5.78 Å². The van der Waals surface area contributed by atoms with Crippen molar-refractivity contribution in [3.8, 4) is 0 Å². The number of rotatable bonds is 4. The number of carbonyl (C=O) groups is 1. The van der Waals surface area contributed by atoms with Crippen LogP contribution in [0.25, 0.3) is 0 Å². The fraction of sp³-hybridized carbons (Fsp3) is 0.611. The standard InChI is InChI=1S/C18H27NO/c1-6-16-8-7-15(5)19(16)11-18(20)17-10-13(3)12(2)9-14(17)4/h9-10,15-16H,6-8,11H2,1-5H3. The Kier molecular flexibility index (Phi) is 4.64. The van der Waals surface area contributed by atoms with Gasteiger partial charge in [0.2, 0.25) is 0 Å². The maximum atomic E-state index is 12.7. The summed E-state index contributed by atoms with van der Waals surface area (Å²) < 4.78 is 0. The van der Waals surface area contributed by atoms with Crippen LogP contribution in [0.3, 0.4) is 0 Å². The summed E-state index contributed by atoms with van der Waals surface area (Å²) in [4.78, 5) is 15.1. The number of benzene rings is 1. The number of hydrogen-bond donors (Lipinski definition) is 0. The van der Waals surface area contributed by atoms with Crippen LogP contribution >= 0.6 is 0 Å². The number of ketones is 1. The van der Waals surface area contributed by atoms with Crippen LogP contribution in [0.5, 0.6) is 0 Å². The van der Waals surface area contributed by atoms with Gasteiger partial charge in [-0.15, -0.1) is 0 Å². The molecule has 0 aromatic heterocycles. The van der Waals surface area contributed by atoms with Crippen LogP contribution in [0.4, 0.5) is 0 Å². The predicted molar refractivity (Wildman–Crippen MR) is 84.5 cm³/mol. The highest BCUT2D eigenvalue weighted by Crippen LogP contribution is 2.26. The number of hydrogen-bond acceptors (Lipinski definition) is 2. The summed E-state index contributed by atoms with van der Waals surface area (Å²) in [6.07, 6.45) is 3.60. The molecular formula is C18H27NO. The van der Waals surface area contributed by atoms with Gasteiger partial charge in [-0.1, -0.05) is 13.0 Å². The van der Waals surface area contributed by atoms with Gasteiger partial charge in [0, 0.05) is 17.6 Å². The Morgan fingerprint density at radius 3 is 2.45 bits per heavy atom. The maximum Gasteiger partial charge on any atom is 0.177 e. The molecule has 0 amide bonds. The second-order valence-corrected chi connectivity index (χ2v) is 6.34. The molecule has 0 bridgehead atoms. The molecule has 2 nitrogen and oxygen atoms in total. The number of nitrogens with zero attached hydrogens (tertiary/aromatic N) is 1. The van der Waals surface area contributed by atoms with Gasteiger partial charge in [0.1, 0.15) is 0 Å². The van der Waals surface area contributed by atoms with Crippen molar-refractivity contribution in [1.29, 1.82) is 0 Å². The molecule has 2 rings (SSSR count). The SMILES string of the molecule is CCC1CCC(C)N1CC(=O)c1cc(C)c(C)cc1C. The van der Waals surface area contributed by atoms with E-state index >= 15 is 0 Å². The lowest BCUT2D eigenvalue weighted by molar-refractivity contribution is 0.0888. The summed E-state index contributed by atoms with van der Waals surface area (Å²) >= 11 is 0. The first-order valence-corrected chi connectivity index (χ1v) is 7.80. The van der Waals surface area contributed by atoms with Crippen molar-refractivity contribution >= 4 is 5.78 Å². The fourth-order valence-electron chi connectivity index (χ4n) is 3.36. The van der Waals surface area contributed by atoms with Crippen molar-refractivity contribution in [2.45, 2.75) is 66.0 Å².